The van der Waals surface area contributed by atoms with Gasteiger partial charge in [-0.05, 0) is 45.2 Å². The Balaban J connectivity index is 1.46. The van der Waals surface area contributed by atoms with Gasteiger partial charge >= 0.3 is 0 Å². The first-order valence-electron chi connectivity index (χ1n) is 9.52. The minimum absolute atomic E-state index is 0.0129. The van der Waals surface area contributed by atoms with Crippen molar-refractivity contribution in [2.75, 3.05) is 19.6 Å². The van der Waals surface area contributed by atoms with E-state index >= 15 is 0 Å². The molecule has 3 rings (SSSR count). The third-order valence-electron chi connectivity index (χ3n) is 5.23. The number of carbonyl (C=O) groups excluding carboxylic acids is 2. The van der Waals surface area contributed by atoms with E-state index in [1.807, 2.05) is 13.0 Å². The van der Waals surface area contributed by atoms with Crippen molar-refractivity contribution in [2.24, 2.45) is 5.92 Å². The molecule has 1 aliphatic rings. The van der Waals surface area contributed by atoms with Crippen LogP contribution in [0.1, 0.15) is 40.7 Å². The van der Waals surface area contributed by atoms with Gasteiger partial charge in [0.1, 0.15) is 6.54 Å². The molecule has 0 radical (unpaired) electrons. The van der Waals surface area contributed by atoms with Crippen LogP contribution >= 0.6 is 0 Å². The molecule has 1 N–H and O–H groups in total. The normalized spacial score (nSPS) is 17.2. The average Bonchev–Trinajstić information content (AvgIpc) is 3.18. The van der Waals surface area contributed by atoms with Gasteiger partial charge in [0.05, 0.1) is 11.3 Å². The maximum absolute atomic E-state index is 12.3. The fourth-order valence-electron chi connectivity index (χ4n) is 3.88. The van der Waals surface area contributed by atoms with E-state index in [1.165, 1.54) is 12.5 Å². The molecule has 0 spiro atoms. The van der Waals surface area contributed by atoms with Crippen LogP contribution in [0.25, 0.3) is 0 Å². The first-order chi connectivity index (χ1) is 12.9. The lowest BCUT2D eigenvalue weighted by molar-refractivity contribution is -0.122. The fourth-order valence-corrected chi connectivity index (χ4v) is 3.88. The lowest BCUT2D eigenvalue weighted by Crippen LogP contribution is -2.33. The number of aromatic nitrogens is 2. The highest BCUT2D eigenvalue weighted by Crippen LogP contribution is 2.18. The highest BCUT2D eigenvalue weighted by atomic mass is 16.2. The SMILES string of the molecule is CC(=O)c1c(C)nn(CC(=O)NC[C@H]2CCN(Cc3ccccc3)C2)c1C. The second-order valence-corrected chi connectivity index (χ2v) is 7.44. The number of hydrogen-bond acceptors (Lipinski definition) is 4. The summed E-state index contributed by atoms with van der Waals surface area (Å²) in [5.41, 5.74) is 3.38. The Kier molecular flexibility index (Phi) is 6.06. The van der Waals surface area contributed by atoms with Gasteiger partial charge in [0.15, 0.2) is 5.78 Å². The summed E-state index contributed by atoms with van der Waals surface area (Å²) in [6.07, 6.45) is 1.10. The van der Waals surface area contributed by atoms with Gasteiger partial charge in [0.2, 0.25) is 5.91 Å². The molecule has 1 aromatic carbocycles. The van der Waals surface area contributed by atoms with E-state index < -0.39 is 0 Å². The first kappa shape index (κ1) is 19.3. The minimum atomic E-state index is -0.0581. The smallest absolute Gasteiger partial charge is 0.241 e. The van der Waals surface area contributed by atoms with Gasteiger partial charge in [-0.25, -0.2) is 0 Å². The minimum Gasteiger partial charge on any atom is -0.354 e. The van der Waals surface area contributed by atoms with E-state index in [0.29, 0.717) is 23.7 Å². The molecule has 1 saturated heterocycles. The molecule has 27 heavy (non-hydrogen) atoms. The largest absolute Gasteiger partial charge is 0.354 e. The van der Waals surface area contributed by atoms with Crippen LogP contribution in [0.5, 0.6) is 0 Å². The van der Waals surface area contributed by atoms with Gasteiger partial charge in [0.25, 0.3) is 0 Å². The molecular formula is C21H28N4O2. The number of nitrogens with one attached hydrogen (secondary N) is 1. The molecule has 0 saturated carbocycles. The fraction of sp³-hybridized carbons (Fsp3) is 0.476. The van der Waals surface area contributed by atoms with Crippen molar-refractivity contribution in [3.63, 3.8) is 0 Å². The first-order valence-corrected chi connectivity index (χ1v) is 9.52. The molecule has 1 aromatic heterocycles. The number of nitrogens with zero attached hydrogens (tertiary/aromatic N) is 3. The number of likely N-dealkylation sites (tertiary alicyclic amines) is 1. The summed E-state index contributed by atoms with van der Waals surface area (Å²) in [5, 5.41) is 7.37. The molecule has 0 bridgehead atoms. The van der Waals surface area contributed by atoms with Crippen LogP contribution in [0.3, 0.4) is 0 Å². The van der Waals surface area contributed by atoms with Gasteiger partial charge in [0, 0.05) is 25.3 Å². The Morgan fingerprint density at radius 2 is 1.96 bits per heavy atom. The van der Waals surface area contributed by atoms with Crippen LogP contribution in [0.4, 0.5) is 0 Å². The van der Waals surface area contributed by atoms with Gasteiger partial charge in [-0.3, -0.25) is 19.2 Å². The number of rotatable bonds is 7. The lowest BCUT2D eigenvalue weighted by atomic mass is 10.1. The van der Waals surface area contributed by atoms with Crippen molar-refractivity contribution in [1.29, 1.82) is 0 Å². The number of carbonyl (C=O) groups is 2. The van der Waals surface area contributed by atoms with Crippen molar-refractivity contribution in [3.8, 4) is 0 Å². The molecule has 1 atom stereocenters. The number of amides is 1. The van der Waals surface area contributed by atoms with Crippen LogP contribution in [0, 0.1) is 19.8 Å². The molecule has 1 aliphatic heterocycles. The third-order valence-corrected chi connectivity index (χ3v) is 5.23. The maximum atomic E-state index is 12.3. The van der Waals surface area contributed by atoms with Gasteiger partial charge < -0.3 is 5.32 Å². The summed E-state index contributed by atoms with van der Waals surface area (Å²) in [6.45, 7) is 9.04. The second-order valence-electron chi connectivity index (χ2n) is 7.44. The van der Waals surface area contributed by atoms with Gasteiger partial charge in [-0.2, -0.15) is 5.10 Å². The molecule has 1 amide bonds. The average molecular weight is 368 g/mol. The third kappa shape index (κ3) is 4.83. The summed E-state index contributed by atoms with van der Waals surface area (Å²) in [7, 11) is 0. The van der Waals surface area contributed by atoms with Crippen molar-refractivity contribution in [3.05, 3.63) is 52.8 Å². The Bertz CT molecular complexity index is 813. The molecular weight excluding hydrogens is 340 g/mol. The monoisotopic (exact) mass is 368 g/mol. The molecule has 6 nitrogen and oxygen atoms in total. The van der Waals surface area contributed by atoms with Crippen LogP contribution in [-0.4, -0.2) is 46.0 Å². The molecule has 6 heteroatoms. The van der Waals surface area contributed by atoms with E-state index in [-0.39, 0.29) is 18.2 Å². The highest BCUT2D eigenvalue weighted by molar-refractivity contribution is 5.96. The van der Waals surface area contributed by atoms with Crippen molar-refractivity contribution in [1.82, 2.24) is 20.0 Å². The molecule has 1 fully saturated rings. The van der Waals surface area contributed by atoms with Crippen molar-refractivity contribution < 1.29 is 9.59 Å². The topological polar surface area (TPSA) is 67.2 Å². The summed E-state index contributed by atoms with van der Waals surface area (Å²) in [6, 6.07) is 10.5. The zero-order valence-electron chi connectivity index (χ0n) is 16.4. The van der Waals surface area contributed by atoms with Crippen LogP contribution < -0.4 is 5.32 Å². The van der Waals surface area contributed by atoms with E-state index in [0.717, 1.165) is 31.7 Å². The van der Waals surface area contributed by atoms with Crippen LogP contribution in [-0.2, 0) is 17.9 Å². The summed E-state index contributed by atoms with van der Waals surface area (Å²) in [5.74, 6) is 0.407. The predicted molar refractivity (Wildman–Crippen MR) is 105 cm³/mol. The Morgan fingerprint density at radius 1 is 1.22 bits per heavy atom. The van der Waals surface area contributed by atoms with Gasteiger partial charge in [-0.1, -0.05) is 30.3 Å². The number of hydrogen-bond donors (Lipinski definition) is 1. The molecule has 0 aliphatic carbocycles. The number of Topliss-reactive ketones (excluding diaryl/α,β-unsaturated/α-hetero) is 1. The summed E-state index contributed by atoms with van der Waals surface area (Å²) < 4.78 is 1.62. The van der Waals surface area contributed by atoms with Crippen molar-refractivity contribution in [2.45, 2.75) is 40.3 Å². The number of benzene rings is 1. The predicted octanol–water partition coefficient (Wildman–Crippen LogP) is 2.34. The Labute approximate surface area is 160 Å². The van der Waals surface area contributed by atoms with Crippen LogP contribution in [0.15, 0.2) is 30.3 Å². The maximum Gasteiger partial charge on any atom is 0.241 e. The van der Waals surface area contributed by atoms with E-state index in [2.05, 4.69) is 39.6 Å². The summed E-state index contributed by atoms with van der Waals surface area (Å²) >= 11 is 0. The number of ketones is 1. The van der Waals surface area contributed by atoms with E-state index in [4.69, 9.17) is 0 Å². The highest BCUT2D eigenvalue weighted by Gasteiger charge is 2.23. The molecule has 2 aromatic rings. The Morgan fingerprint density at radius 3 is 2.63 bits per heavy atom. The second kappa shape index (κ2) is 8.48. The van der Waals surface area contributed by atoms with E-state index in [1.54, 1.807) is 11.6 Å². The number of aryl methyl sites for hydroxylation is 1. The van der Waals surface area contributed by atoms with Gasteiger partial charge in [-0.15, -0.1) is 0 Å². The standard InChI is InChI=1S/C21H28N4O2/c1-15-21(17(3)26)16(2)25(23-15)14-20(27)22-11-19-9-10-24(13-19)12-18-7-5-4-6-8-18/h4-8,19H,9-14H2,1-3H3,(H,22,27)/t19-/m1/s1. The Hall–Kier alpha value is -2.47. The molecule has 144 valence electrons. The van der Waals surface area contributed by atoms with E-state index in [9.17, 15) is 9.59 Å². The van der Waals surface area contributed by atoms with Crippen molar-refractivity contribution >= 4 is 11.7 Å². The zero-order valence-corrected chi connectivity index (χ0v) is 16.4. The molecule has 2 heterocycles. The van der Waals surface area contributed by atoms with Crippen LogP contribution in [0.2, 0.25) is 0 Å². The molecule has 0 unspecified atom stereocenters. The summed E-state index contributed by atoms with van der Waals surface area (Å²) in [4.78, 5) is 26.4. The lowest BCUT2D eigenvalue weighted by Gasteiger charge is -2.16. The zero-order chi connectivity index (χ0) is 19.4. The quantitative estimate of drug-likeness (QED) is 0.762.